The van der Waals surface area contributed by atoms with Gasteiger partial charge in [0.1, 0.15) is 18.4 Å². The van der Waals surface area contributed by atoms with Crippen LogP contribution in [-0.4, -0.2) is 94.4 Å². The van der Waals surface area contributed by atoms with Crippen LogP contribution < -0.4 is 15.4 Å². The number of carbonyl (C=O) groups is 3. The van der Waals surface area contributed by atoms with Crippen LogP contribution in [0.15, 0.2) is 59.1 Å². The number of aryl methyl sites for hydroxylation is 3. The number of carboxylic acids is 1. The number of hydrogen-bond donors (Lipinski definition) is 5. The van der Waals surface area contributed by atoms with Crippen LogP contribution in [0.1, 0.15) is 35.1 Å². The zero-order valence-corrected chi connectivity index (χ0v) is 26.8. The fourth-order valence-corrected chi connectivity index (χ4v) is 7.52. The van der Waals surface area contributed by atoms with E-state index in [2.05, 4.69) is 35.5 Å². The number of imidazole rings is 1. The second-order valence-electron chi connectivity index (χ2n) is 11.7. The molecule has 0 saturated carbocycles. The molecule has 0 radical (unpaired) electrons. The fraction of sp³-hybridized carbons (Fsp3) is 0.400. The molecule has 1 saturated heterocycles. The van der Waals surface area contributed by atoms with E-state index in [1.807, 2.05) is 6.92 Å². The van der Waals surface area contributed by atoms with Crippen LogP contribution in [-0.2, 0) is 35.8 Å². The van der Waals surface area contributed by atoms with Gasteiger partial charge in [-0.3, -0.25) is 19.5 Å². The lowest BCUT2D eigenvalue weighted by atomic mass is 9.94. The van der Waals surface area contributed by atoms with Gasteiger partial charge in [0.25, 0.3) is 5.91 Å². The Morgan fingerprint density at radius 3 is 2.64 bits per heavy atom. The number of aromatic nitrogens is 3. The second kappa shape index (κ2) is 13.8. The summed E-state index contributed by atoms with van der Waals surface area (Å²) in [4.78, 5) is 56.7. The van der Waals surface area contributed by atoms with E-state index in [-0.39, 0.29) is 30.2 Å². The maximum atomic E-state index is 13.2. The molecule has 4 heterocycles. The van der Waals surface area contributed by atoms with E-state index < -0.39 is 52.2 Å². The lowest BCUT2D eigenvalue weighted by Gasteiger charge is -2.24. The summed E-state index contributed by atoms with van der Waals surface area (Å²) < 4.78 is 34.0. The maximum Gasteiger partial charge on any atom is 0.410 e. The first-order valence-electron chi connectivity index (χ1n) is 14.8. The van der Waals surface area contributed by atoms with Gasteiger partial charge in [0.05, 0.1) is 17.5 Å². The predicted molar refractivity (Wildman–Crippen MR) is 168 cm³/mol. The van der Waals surface area contributed by atoms with Gasteiger partial charge >= 0.3 is 12.1 Å². The Morgan fingerprint density at radius 2 is 1.98 bits per heavy atom. The topological polar surface area (TPSA) is 217 Å². The monoisotopic (exact) mass is 668 g/mol. The molecule has 0 unspecified atom stereocenters. The molecule has 5 N–H and O–H groups in total. The Bertz CT molecular complexity index is 1740. The molecule has 250 valence electrons. The summed E-state index contributed by atoms with van der Waals surface area (Å²) >= 11 is 0. The molecule has 0 aliphatic carbocycles. The van der Waals surface area contributed by atoms with Crippen LogP contribution in [0.5, 0.6) is 0 Å². The van der Waals surface area contributed by atoms with Gasteiger partial charge in [-0.25, -0.2) is 18.2 Å². The minimum atomic E-state index is -4.24. The fourth-order valence-electron chi connectivity index (χ4n) is 5.88. The molecule has 47 heavy (non-hydrogen) atoms. The summed E-state index contributed by atoms with van der Waals surface area (Å²) in [5, 5.41) is 19.3. The highest BCUT2D eigenvalue weighted by Gasteiger charge is 2.53. The van der Waals surface area contributed by atoms with Crippen molar-refractivity contribution in [1.29, 1.82) is 0 Å². The van der Waals surface area contributed by atoms with Crippen molar-refractivity contribution in [2.75, 3.05) is 25.0 Å². The third-order valence-electron chi connectivity index (χ3n) is 7.87. The molecule has 2 amide bonds. The van der Waals surface area contributed by atoms with Crippen molar-refractivity contribution >= 4 is 39.7 Å². The number of sulfonamides is 1. The van der Waals surface area contributed by atoms with Gasteiger partial charge in [0.15, 0.2) is 11.5 Å². The third-order valence-corrected chi connectivity index (χ3v) is 9.64. The number of nitrogens with zero attached hydrogens (tertiary/aromatic N) is 4. The van der Waals surface area contributed by atoms with Crippen LogP contribution in [0.25, 0.3) is 0 Å². The number of carboxylic acid groups (broad SMARTS) is 1. The Kier molecular flexibility index (Phi) is 9.76. The summed E-state index contributed by atoms with van der Waals surface area (Å²) in [5.74, 6) is -1.69. The molecule has 3 atom stereocenters. The number of likely N-dealkylation sites (tertiary alicyclic amines) is 1. The van der Waals surface area contributed by atoms with Gasteiger partial charge in [0.2, 0.25) is 10.0 Å². The Hall–Kier alpha value is -5.03. The third kappa shape index (κ3) is 7.86. The van der Waals surface area contributed by atoms with Crippen molar-refractivity contribution in [3.63, 3.8) is 0 Å². The highest BCUT2D eigenvalue weighted by Crippen LogP contribution is 2.38. The number of H-pyrrole nitrogens is 1. The summed E-state index contributed by atoms with van der Waals surface area (Å²) in [6.45, 7) is 4.91. The molecule has 0 bridgehead atoms. The first kappa shape index (κ1) is 33.3. The number of aliphatic carboxylic acids is 1. The van der Waals surface area contributed by atoms with Gasteiger partial charge in [-0.05, 0) is 38.0 Å². The summed E-state index contributed by atoms with van der Waals surface area (Å²) in [7, 11) is -4.24. The molecule has 5 rings (SSSR count). The molecule has 17 heteroatoms. The SMILES string of the molecule is Cc1cc(C)c(S(=O)(=O)N[C@@H](CNC(=O)C2=NO[C@]3(C2)C[C@@H](CNc2ncc[nH]2)N(C(=O)OCc2cccnc2)C3)C(=O)O)c(C)c1. The highest BCUT2D eigenvalue weighted by atomic mass is 32.2. The number of nitrogens with one attached hydrogen (secondary N) is 4. The number of benzene rings is 1. The zero-order valence-electron chi connectivity index (χ0n) is 26.0. The van der Waals surface area contributed by atoms with E-state index >= 15 is 0 Å². The van der Waals surface area contributed by atoms with Gasteiger partial charge < -0.3 is 30.3 Å². The molecule has 1 fully saturated rings. The predicted octanol–water partition coefficient (Wildman–Crippen LogP) is 1.62. The molecular formula is C30H36N8O8S. The quantitative estimate of drug-likeness (QED) is 0.187. The lowest BCUT2D eigenvalue weighted by molar-refractivity contribution is -0.138. The van der Waals surface area contributed by atoms with Crippen LogP contribution in [0, 0.1) is 20.8 Å². The van der Waals surface area contributed by atoms with Gasteiger partial charge in [0, 0.05) is 56.3 Å². The van der Waals surface area contributed by atoms with Crippen LogP contribution >= 0.6 is 0 Å². The normalized spacial score (nSPS) is 19.6. The molecule has 1 spiro atoms. The van der Waals surface area contributed by atoms with E-state index in [4.69, 9.17) is 9.57 Å². The van der Waals surface area contributed by atoms with Crippen molar-refractivity contribution in [3.05, 3.63) is 71.3 Å². The van der Waals surface area contributed by atoms with E-state index in [1.165, 1.54) is 4.90 Å². The van der Waals surface area contributed by atoms with E-state index in [0.29, 0.717) is 35.6 Å². The minimum Gasteiger partial charge on any atom is -0.480 e. The van der Waals surface area contributed by atoms with Crippen molar-refractivity contribution in [1.82, 2.24) is 29.9 Å². The lowest BCUT2D eigenvalue weighted by Crippen LogP contribution is -2.49. The van der Waals surface area contributed by atoms with Crippen molar-refractivity contribution < 1.29 is 37.5 Å². The van der Waals surface area contributed by atoms with E-state index in [1.54, 1.807) is 62.9 Å². The summed E-state index contributed by atoms with van der Waals surface area (Å²) in [6.07, 6.45) is 6.18. The standard InChI is InChI=1S/C30H36N8O8S/c1-18-9-19(2)25(20(3)10-18)47(43,44)37-24(27(40)41)15-34-26(39)23-12-30(46-36-23)11-22(14-35-28-32-7-8-33-28)38(17-30)29(42)45-16-21-5-4-6-31-13-21/h4-10,13,22,24,37H,11-12,14-17H2,1-3H3,(H,34,39)(H,40,41)(H2,32,33,35)/t22-,24-,30-/m0/s1. The van der Waals surface area contributed by atoms with Crippen LogP contribution in [0.3, 0.4) is 0 Å². The first-order valence-corrected chi connectivity index (χ1v) is 16.3. The summed E-state index contributed by atoms with van der Waals surface area (Å²) in [6, 6.07) is 4.82. The number of rotatable bonds is 12. The van der Waals surface area contributed by atoms with Crippen molar-refractivity contribution in [2.45, 2.75) is 62.8 Å². The van der Waals surface area contributed by atoms with Crippen molar-refractivity contribution in [3.8, 4) is 0 Å². The first-order chi connectivity index (χ1) is 22.4. The molecule has 2 aliphatic rings. The Balaban J connectivity index is 1.22. The number of oxime groups is 1. The number of ether oxygens (including phenoxy) is 1. The van der Waals surface area contributed by atoms with E-state index in [0.717, 1.165) is 5.56 Å². The number of anilines is 1. The van der Waals surface area contributed by atoms with Crippen LogP contribution in [0.4, 0.5) is 10.7 Å². The molecule has 2 aliphatic heterocycles. The highest BCUT2D eigenvalue weighted by molar-refractivity contribution is 7.89. The molecule has 3 aromatic rings. The number of amides is 2. The molecular weight excluding hydrogens is 632 g/mol. The van der Waals surface area contributed by atoms with Gasteiger partial charge in [-0.1, -0.05) is 28.9 Å². The minimum absolute atomic E-state index is 0.0110. The van der Waals surface area contributed by atoms with Gasteiger partial charge in [-0.2, -0.15) is 4.72 Å². The Morgan fingerprint density at radius 1 is 1.21 bits per heavy atom. The maximum absolute atomic E-state index is 13.2. The molecule has 16 nitrogen and oxygen atoms in total. The van der Waals surface area contributed by atoms with Crippen LogP contribution in [0.2, 0.25) is 0 Å². The van der Waals surface area contributed by atoms with Gasteiger partial charge in [-0.15, -0.1) is 0 Å². The largest absolute Gasteiger partial charge is 0.480 e. The number of aromatic amines is 1. The number of carbonyl (C=O) groups excluding carboxylic acids is 2. The second-order valence-corrected chi connectivity index (χ2v) is 13.3. The summed E-state index contributed by atoms with van der Waals surface area (Å²) in [5.41, 5.74) is 1.45. The molecule has 1 aromatic carbocycles. The van der Waals surface area contributed by atoms with E-state index in [9.17, 15) is 27.9 Å². The Labute approximate surface area is 271 Å². The molecule has 2 aromatic heterocycles. The smallest absolute Gasteiger partial charge is 0.410 e. The average Bonchev–Trinajstić information content (AvgIpc) is 3.77. The number of hydrogen-bond acceptors (Lipinski definition) is 11. The number of pyridine rings is 1. The zero-order chi connectivity index (χ0) is 33.8. The average molecular weight is 669 g/mol. The van der Waals surface area contributed by atoms with Crippen molar-refractivity contribution in [2.24, 2.45) is 5.16 Å².